The van der Waals surface area contributed by atoms with Crippen LogP contribution >= 0.6 is 0 Å². The number of methoxy groups -OCH3 is 1. The molecule has 0 radical (unpaired) electrons. The number of oxazole rings is 1. The van der Waals surface area contributed by atoms with Gasteiger partial charge >= 0.3 is 0 Å². The fourth-order valence-electron chi connectivity index (χ4n) is 2.81. The average Bonchev–Trinajstić information content (AvgIpc) is 3.09. The Morgan fingerprint density at radius 2 is 1.86 bits per heavy atom. The van der Waals surface area contributed by atoms with Crippen molar-refractivity contribution in [3.8, 4) is 17.1 Å². The number of hydrogen-bond acceptors (Lipinski definition) is 6. The molecule has 0 atom stereocenters. The summed E-state index contributed by atoms with van der Waals surface area (Å²) in [5.41, 5.74) is 2.54. The number of sulfone groups is 1. The minimum absolute atomic E-state index is 0.0346. The minimum atomic E-state index is -3.39. The van der Waals surface area contributed by atoms with Gasteiger partial charge in [-0.15, -0.1) is 0 Å². The second-order valence-electron chi connectivity index (χ2n) is 7.06. The Morgan fingerprint density at radius 3 is 2.50 bits per heavy atom. The SMILES string of the molecule is COc1ccc(S(=O)(=O)CC(C)C)cc1Nc1ncc(-c2ccc(C)cc2)o1. The standard InChI is InChI=1S/C21H24N2O4S/c1-14(2)13-28(24,25)17-9-10-19(26-4)18(11-17)23-21-22-12-20(27-21)16-7-5-15(3)6-8-16/h5-12,14H,13H2,1-4H3,(H,22,23). The first-order chi connectivity index (χ1) is 13.3. The van der Waals surface area contributed by atoms with Crippen LogP contribution in [-0.2, 0) is 9.84 Å². The van der Waals surface area contributed by atoms with Crippen molar-refractivity contribution in [2.24, 2.45) is 5.92 Å². The minimum Gasteiger partial charge on any atom is -0.495 e. The first kappa shape index (κ1) is 19.9. The lowest BCUT2D eigenvalue weighted by atomic mass is 10.1. The fraction of sp³-hybridized carbons (Fsp3) is 0.286. The van der Waals surface area contributed by atoms with E-state index < -0.39 is 9.84 Å². The third kappa shape index (κ3) is 4.54. The number of nitrogens with one attached hydrogen (secondary N) is 1. The van der Waals surface area contributed by atoms with Crippen molar-refractivity contribution in [2.75, 3.05) is 18.2 Å². The molecule has 0 unspecified atom stereocenters. The van der Waals surface area contributed by atoms with E-state index in [9.17, 15) is 8.42 Å². The van der Waals surface area contributed by atoms with Crippen LogP contribution in [0.2, 0.25) is 0 Å². The summed E-state index contributed by atoms with van der Waals surface area (Å²) in [5.74, 6) is 1.23. The zero-order chi connectivity index (χ0) is 20.3. The average molecular weight is 401 g/mol. The van der Waals surface area contributed by atoms with Crippen molar-refractivity contribution < 1.29 is 17.6 Å². The van der Waals surface area contributed by atoms with Gasteiger partial charge in [0.2, 0.25) is 0 Å². The topological polar surface area (TPSA) is 81.4 Å². The van der Waals surface area contributed by atoms with Crippen molar-refractivity contribution >= 4 is 21.5 Å². The molecule has 0 saturated carbocycles. The van der Waals surface area contributed by atoms with Crippen molar-refractivity contribution in [1.29, 1.82) is 0 Å². The van der Waals surface area contributed by atoms with Crippen LogP contribution in [0.4, 0.5) is 11.7 Å². The van der Waals surface area contributed by atoms with Crippen LogP contribution in [0.15, 0.2) is 58.0 Å². The summed E-state index contributed by atoms with van der Waals surface area (Å²) in [6.45, 7) is 5.77. The molecule has 2 aromatic carbocycles. The van der Waals surface area contributed by atoms with Crippen molar-refractivity contribution in [1.82, 2.24) is 4.98 Å². The molecule has 7 heteroatoms. The summed E-state index contributed by atoms with van der Waals surface area (Å²) >= 11 is 0. The van der Waals surface area contributed by atoms with E-state index in [0.717, 1.165) is 11.1 Å². The molecule has 0 aliphatic carbocycles. The smallest absolute Gasteiger partial charge is 0.299 e. The van der Waals surface area contributed by atoms with Crippen molar-refractivity contribution in [2.45, 2.75) is 25.7 Å². The first-order valence-electron chi connectivity index (χ1n) is 8.99. The van der Waals surface area contributed by atoms with Crippen LogP contribution in [0, 0.1) is 12.8 Å². The molecule has 3 rings (SSSR count). The molecular weight excluding hydrogens is 376 g/mol. The molecular formula is C21H24N2O4S. The molecule has 0 saturated heterocycles. The van der Waals surface area contributed by atoms with Crippen molar-refractivity contribution in [3.63, 3.8) is 0 Å². The molecule has 0 aliphatic heterocycles. The molecule has 3 aromatic rings. The number of ether oxygens (including phenoxy) is 1. The second kappa shape index (κ2) is 8.06. The molecule has 0 fully saturated rings. The van der Waals surface area contributed by atoms with E-state index in [1.807, 2.05) is 45.0 Å². The Hall–Kier alpha value is -2.80. The molecule has 6 nitrogen and oxygen atoms in total. The van der Waals surface area contributed by atoms with E-state index in [1.54, 1.807) is 24.4 Å². The van der Waals surface area contributed by atoms with Crippen LogP contribution in [0.25, 0.3) is 11.3 Å². The molecule has 0 amide bonds. The van der Waals surface area contributed by atoms with Gasteiger partial charge in [0.25, 0.3) is 6.01 Å². The maximum absolute atomic E-state index is 12.6. The molecule has 1 heterocycles. The molecule has 0 bridgehead atoms. The zero-order valence-corrected chi connectivity index (χ0v) is 17.2. The molecule has 148 valence electrons. The number of rotatable bonds is 7. The highest BCUT2D eigenvalue weighted by Gasteiger charge is 2.19. The Morgan fingerprint density at radius 1 is 1.14 bits per heavy atom. The zero-order valence-electron chi connectivity index (χ0n) is 16.4. The summed E-state index contributed by atoms with van der Waals surface area (Å²) in [7, 11) is -1.86. The Kier molecular flexibility index (Phi) is 5.74. The van der Waals surface area contributed by atoms with Crippen LogP contribution in [-0.4, -0.2) is 26.3 Å². The summed E-state index contributed by atoms with van der Waals surface area (Å²) in [4.78, 5) is 4.47. The number of nitrogens with zero attached hydrogens (tertiary/aromatic N) is 1. The summed E-state index contributed by atoms with van der Waals surface area (Å²) in [6.07, 6.45) is 1.62. The first-order valence-corrected chi connectivity index (χ1v) is 10.6. The second-order valence-corrected chi connectivity index (χ2v) is 9.09. The number of anilines is 2. The van der Waals surface area contributed by atoms with Gasteiger partial charge in [-0.05, 0) is 31.0 Å². The lowest BCUT2D eigenvalue weighted by Gasteiger charge is -2.12. The monoisotopic (exact) mass is 400 g/mol. The molecule has 1 aromatic heterocycles. The van der Waals surface area contributed by atoms with Gasteiger partial charge in [0, 0.05) is 5.56 Å². The molecule has 0 aliphatic rings. The van der Waals surface area contributed by atoms with E-state index >= 15 is 0 Å². The molecule has 28 heavy (non-hydrogen) atoms. The summed E-state index contributed by atoms with van der Waals surface area (Å²) in [6, 6.07) is 12.9. The summed E-state index contributed by atoms with van der Waals surface area (Å²) < 4.78 is 36.2. The Labute approximate surface area is 165 Å². The third-order valence-corrected chi connectivity index (χ3v) is 6.24. The van der Waals surface area contributed by atoms with E-state index in [0.29, 0.717) is 17.2 Å². The van der Waals surface area contributed by atoms with E-state index in [-0.39, 0.29) is 22.6 Å². The number of aryl methyl sites for hydroxylation is 1. The van der Waals surface area contributed by atoms with Gasteiger partial charge < -0.3 is 14.5 Å². The highest BCUT2D eigenvalue weighted by atomic mass is 32.2. The largest absolute Gasteiger partial charge is 0.495 e. The van der Waals surface area contributed by atoms with E-state index in [4.69, 9.17) is 9.15 Å². The van der Waals surface area contributed by atoms with Gasteiger partial charge in [-0.25, -0.2) is 13.4 Å². The summed E-state index contributed by atoms with van der Waals surface area (Å²) in [5, 5.41) is 3.02. The fourth-order valence-corrected chi connectivity index (χ4v) is 4.45. The van der Waals surface area contributed by atoms with Gasteiger partial charge in [0.1, 0.15) is 5.75 Å². The third-order valence-electron chi connectivity index (χ3n) is 4.17. The molecule has 0 spiro atoms. The van der Waals surface area contributed by atoms with Gasteiger partial charge in [0.15, 0.2) is 15.6 Å². The highest BCUT2D eigenvalue weighted by Crippen LogP contribution is 2.32. The number of hydrogen-bond donors (Lipinski definition) is 1. The van der Waals surface area contributed by atoms with Gasteiger partial charge in [-0.1, -0.05) is 43.7 Å². The number of aromatic nitrogens is 1. The van der Waals surface area contributed by atoms with Crippen molar-refractivity contribution in [3.05, 3.63) is 54.2 Å². The predicted octanol–water partition coefficient (Wildman–Crippen LogP) is 4.83. The van der Waals surface area contributed by atoms with Gasteiger partial charge in [-0.2, -0.15) is 0 Å². The normalized spacial score (nSPS) is 11.6. The van der Waals surface area contributed by atoms with Gasteiger partial charge in [0.05, 0.1) is 29.6 Å². The van der Waals surface area contributed by atoms with E-state index in [2.05, 4.69) is 10.3 Å². The van der Waals surface area contributed by atoms with Crippen LogP contribution in [0.3, 0.4) is 0 Å². The maximum atomic E-state index is 12.6. The predicted molar refractivity (Wildman–Crippen MR) is 110 cm³/mol. The van der Waals surface area contributed by atoms with Crippen LogP contribution in [0.1, 0.15) is 19.4 Å². The Balaban J connectivity index is 1.89. The quantitative estimate of drug-likeness (QED) is 0.612. The Bertz CT molecular complexity index is 1050. The van der Waals surface area contributed by atoms with Crippen LogP contribution < -0.4 is 10.1 Å². The van der Waals surface area contributed by atoms with E-state index in [1.165, 1.54) is 7.11 Å². The molecule has 1 N–H and O–H groups in total. The lowest BCUT2D eigenvalue weighted by Crippen LogP contribution is -2.12. The van der Waals surface area contributed by atoms with Gasteiger partial charge in [-0.3, -0.25) is 0 Å². The lowest BCUT2D eigenvalue weighted by molar-refractivity contribution is 0.416. The maximum Gasteiger partial charge on any atom is 0.299 e. The number of benzene rings is 2. The van der Waals surface area contributed by atoms with Crippen LogP contribution in [0.5, 0.6) is 5.75 Å². The highest BCUT2D eigenvalue weighted by molar-refractivity contribution is 7.91.